The first-order valence-corrected chi connectivity index (χ1v) is 8.33. The second kappa shape index (κ2) is 7.01. The predicted molar refractivity (Wildman–Crippen MR) is 92.0 cm³/mol. The van der Waals surface area contributed by atoms with E-state index in [0.717, 1.165) is 4.57 Å². The predicted octanol–water partition coefficient (Wildman–Crippen LogP) is 2.06. The topological polar surface area (TPSA) is 88.6 Å². The van der Waals surface area contributed by atoms with Crippen molar-refractivity contribution in [1.82, 2.24) is 9.55 Å². The number of halogens is 1. The van der Waals surface area contributed by atoms with Crippen LogP contribution in [-0.2, 0) is 14.2 Å². The second-order valence-corrected chi connectivity index (χ2v) is 8.17. The standard InChI is InChI=1S/C17H28FN3O4/c1-16(2,3)23-9-10-13(25-17(4,5)6)12(18)14(24-10)21-8-7-11(19)20-15(21)22/h7-8,10,12-14H,9H2,1-6H3,(H2,19,20,22)/t10-,12+,13?,14-/m1/s1. The molecule has 1 fully saturated rings. The van der Waals surface area contributed by atoms with Crippen LogP contribution in [0.3, 0.4) is 0 Å². The van der Waals surface area contributed by atoms with Gasteiger partial charge in [0, 0.05) is 6.20 Å². The highest BCUT2D eigenvalue weighted by Crippen LogP contribution is 2.35. The average molecular weight is 357 g/mol. The van der Waals surface area contributed by atoms with E-state index >= 15 is 4.39 Å². The third kappa shape index (κ3) is 5.23. The van der Waals surface area contributed by atoms with Crippen molar-refractivity contribution in [3.63, 3.8) is 0 Å². The third-order valence-electron chi connectivity index (χ3n) is 3.56. The molecule has 4 atom stereocenters. The van der Waals surface area contributed by atoms with Crippen LogP contribution in [0.25, 0.3) is 0 Å². The maximum atomic E-state index is 15.1. The zero-order valence-electron chi connectivity index (χ0n) is 15.7. The van der Waals surface area contributed by atoms with Crippen LogP contribution >= 0.6 is 0 Å². The minimum absolute atomic E-state index is 0.0739. The van der Waals surface area contributed by atoms with Crippen molar-refractivity contribution in [1.29, 1.82) is 0 Å². The van der Waals surface area contributed by atoms with Crippen molar-refractivity contribution in [2.75, 3.05) is 12.3 Å². The Kier molecular flexibility index (Phi) is 5.56. The highest BCUT2D eigenvalue weighted by Gasteiger charge is 2.49. The first kappa shape index (κ1) is 19.8. The van der Waals surface area contributed by atoms with Gasteiger partial charge < -0.3 is 19.9 Å². The van der Waals surface area contributed by atoms with Gasteiger partial charge in [-0.05, 0) is 47.6 Å². The molecule has 0 amide bonds. The molecule has 2 heterocycles. The lowest BCUT2D eigenvalue weighted by atomic mass is 10.1. The molecule has 1 aliphatic heterocycles. The first-order valence-electron chi connectivity index (χ1n) is 8.33. The Morgan fingerprint density at radius 1 is 1.28 bits per heavy atom. The molecule has 8 heteroatoms. The molecular weight excluding hydrogens is 329 g/mol. The van der Waals surface area contributed by atoms with Crippen molar-refractivity contribution in [2.24, 2.45) is 0 Å². The van der Waals surface area contributed by atoms with Crippen LogP contribution in [0, 0.1) is 0 Å². The molecule has 0 aromatic carbocycles. The van der Waals surface area contributed by atoms with Crippen molar-refractivity contribution in [2.45, 2.75) is 77.4 Å². The largest absolute Gasteiger partial charge is 0.383 e. The Labute approximate surface area is 147 Å². The van der Waals surface area contributed by atoms with Crippen LogP contribution in [0.1, 0.15) is 47.8 Å². The van der Waals surface area contributed by atoms with Crippen LogP contribution in [0.4, 0.5) is 10.2 Å². The minimum Gasteiger partial charge on any atom is -0.383 e. The number of anilines is 1. The molecule has 0 aliphatic carbocycles. The van der Waals surface area contributed by atoms with Gasteiger partial charge in [0.15, 0.2) is 12.4 Å². The fraction of sp³-hybridized carbons (Fsp3) is 0.765. The van der Waals surface area contributed by atoms with E-state index in [1.165, 1.54) is 12.3 Å². The van der Waals surface area contributed by atoms with Gasteiger partial charge in [-0.15, -0.1) is 0 Å². The molecule has 2 rings (SSSR count). The summed E-state index contributed by atoms with van der Waals surface area (Å²) in [6, 6.07) is 1.43. The Morgan fingerprint density at radius 2 is 1.92 bits per heavy atom. The van der Waals surface area contributed by atoms with Crippen molar-refractivity contribution >= 4 is 5.82 Å². The molecule has 2 N–H and O–H groups in total. The van der Waals surface area contributed by atoms with Crippen LogP contribution < -0.4 is 11.4 Å². The second-order valence-electron chi connectivity index (χ2n) is 8.17. The van der Waals surface area contributed by atoms with Gasteiger partial charge in [0.2, 0.25) is 0 Å². The van der Waals surface area contributed by atoms with Crippen LogP contribution in [0.5, 0.6) is 0 Å². The summed E-state index contributed by atoms with van der Waals surface area (Å²) in [6.07, 6.45) is -2.82. The first-order chi connectivity index (χ1) is 11.4. The number of alkyl halides is 1. The molecule has 0 spiro atoms. The highest BCUT2D eigenvalue weighted by molar-refractivity contribution is 5.23. The molecule has 1 aliphatic rings. The number of hydrogen-bond donors (Lipinski definition) is 1. The highest BCUT2D eigenvalue weighted by atomic mass is 19.1. The van der Waals surface area contributed by atoms with Gasteiger partial charge in [0.25, 0.3) is 0 Å². The molecule has 0 radical (unpaired) electrons. The van der Waals surface area contributed by atoms with E-state index in [9.17, 15) is 4.79 Å². The Balaban J connectivity index is 2.27. The van der Waals surface area contributed by atoms with Crippen LogP contribution in [0.15, 0.2) is 17.1 Å². The summed E-state index contributed by atoms with van der Waals surface area (Å²) in [5.41, 5.74) is 3.85. The number of ether oxygens (including phenoxy) is 3. The van der Waals surface area contributed by atoms with E-state index in [1.807, 2.05) is 41.5 Å². The number of rotatable bonds is 4. The maximum Gasteiger partial charge on any atom is 0.351 e. The number of nitrogens with two attached hydrogens (primary N) is 1. The molecule has 1 aromatic heterocycles. The van der Waals surface area contributed by atoms with Crippen LogP contribution in [-0.4, -0.2) is 45.7 Å². The fourth-order valence-electron chi connectivity index (χ4n) is 2.55. The summed E-state index contributed by atoms with van der Waals surface area (Å²) in [5.74, 6) is 0.0739. The molecule has 7 nitrogen and oxygen atoms in total. The average Bonchev–Trinajstić information content (AvgIpc) is 2.72. The number of nitrogens with zero attached hydrogens (tertiary/aromatic N) is 2. The van der Waals surface area contributed by atoms with E-state index in [2.05, 4.69) is 4.98 Å². The summed E-state index contributed by atoms with van der Waals surface area (Å²) >= 11 is 0. The third-order valence-corrected chi connectivity index (χ3v) is 3.56. The summed E-state index contributed by atoms with van der Waals surface area (Å²) in [5, 5.41) is 0. The lowest BCUT2D eigenvalue weighted by Gasteiger charge is -2.30. The van der Waals surface area contributed by atoms with E-state index in [-0.39, 0.29) is 12.4 Å². The smallest absolute Gasteiger partial charge is 0.351 e. The van der Waals surface area contributed by atoms with Crippen molar-refractivity contribution < 1.29 is 18.6 Å². The minimum atomic E-state index is -1.55. The van der Waals surface area contributed by atoms with E-state index in [4.69, 9.17) is 19.9 Å². The quantitative estimate of drug-likeness (QED) is 0.887. The van der Waals surface area contributed by atoms with Gasteiger partial charge in [-0.2, -0.15) is 4.98 Å². The van der Waals surface area contributed by atoms with Gasteiger partial charge in [-0.1, -0.05) is 0 Å². The molecule has 0 bridgehead atoms. The molecule has 142 valence electrons. The molecule has 0 saturated carbocycles. The zero-order valence-corrected chi connectivity index (χ0v) is 15.7. The van der Waals surface area contributed by atoms with Gasteiger partial charge >= 0.3 is 5.69 Å². The Hall–Kier alpha value is -1.51. The van der Waals surface area contributed by atoms with Gasteiger partial charge in [-0.3, -0.25) is 4.57 Å². The Morgan fingerprint density at radius 3 is 2.44 bits per heavy atom. The summed E-state index contributed by atoms with van der Waals surface area (Å²) in [7, 11) is 0. The summed E-state index contributed by atoms with van der Waals surface area (Å²) in [4.78, 5) is 15.7. The molecule has 1 saturated heterocycles. The van der Waals surface area contributed by atoms with Gasteiger partial charge in [0.1, 0.15) is 18.0 Å². The summed E-state index contributed by atoms with van der Waals surface area (Å²) < 4.78 is 33.6. The van der Waals surface area contributed by atoms with Gasteiger partial charge in [0.05, 0.1) is 17.8 Å². The summed E-state index contributed by atoms with van der Waals surface area (Å²) in [6.45, 7) is 11.4. The zero-order chi connectivity index (χ0) is 19.0. The van der Waals surface area contributed by atoms with E-state index < -0.39 is 41.5 Å². The molecule has 25 heavy (non-hydrogen) atoms. The molecular formula is C17H28FN3O4. The lowest BCUT2D eigenvalue weighted by molar-refractivity contribution is -0.135. The number of nitrogen functional groups attached to an aromatic ring is 1. The van der Waals surface area contributed by atoms with Crippen molar-refractivity contribution in [3.8, 4) is 0 Å². The molecule has 1 aromatic rings. The SMILES string of the molecule is CC(C)(C)OC[C@H]1O[C@@H](n2ccc(N)nc2=O)[C@@H](F)C1OC(C)(C)C. The fourth-order valence-corrected chi connectivity index (χ4v) is 2.55. The Bertz CT molecular complexity index is 651. The maximum absolute atomic E-state index is 15.1. The lowest BCUT2D eigenvalue weighted by Crippen LogP contribution is -2.41. The van der Waals surface area contributed by atoms with Crippen LogP contribution in [0.2, 0.25) is 0 Å². The molecule has 1 unspecified atom stereocenters. The van der Waals surface area contributed by atoms with E-state index in [0.29, 0.717) is 0 Å². The number of hydrogen-bond acceptors (Lipinski definition) is 6. The van der Waals surface area contributed by atoms with E-state index in [1.54, 1.807) is 0 Å². The normalized spacial score (nSPS) is 27.6. The number of aromatic nitrogens is 2. The van der Waals surface area contributed by atoms with Crippen molar-refractivity contribution in [3.05, 3.63) is 22.7 Å². The van der Waals surface area contributed by atoms with Gasteiger partial charge in [-0.25, -0.2) is 9.18 Å². The monoisotopic (exact) mass is 357 g/mol.